The Kier molecular flexibility index (Phi) is 10.5. The van der Waals surface area contributed by atoms with Gasteiger partial charge in [0, 0.05) is 37.4 Å². The number of hydrogen-bond donors (Lipinski definition) is 1. The number of piperidine rings is 1. The molecule has 0 amide bonds. The van der Waals surface area contributed by atoms with Crippen LogP contribution in [0.15, 0.2) is 42.5 Å². The first-order valence-corrected chi connectivity index (χ1v) is 14.8. The fourth-order valence-corrected chi connectivity index (χ4v) is 5.72. The monoisotopic (exact) mass is 612 g/mol. The summed E-state index contributed by atoms with van der Waals surface area (Å²) < 4.78 is 78.4. The summed E-state index contributed by atoms with van der Waals surface area (Å²) in [7, 11) is 1.52. The van der Waals surface area contributed by atoms with Crippen LogP contribution in [0.3, 0.4) is 0 Å². The van der Waals surface area contributed by atoms with Crippen LogP contribution in [-0.2, 0) is 11.3 Å². The number of ether oxygens (including phenoxy) is 2. The molecule has 43 heavy (non-hydrogen) atoms. The molecule has 6 nitrogen and oxygen atoms in total. The summed E-state index contributed by atoms with van der Waals surface area (Å²) in [5.41, 5.74) is 2.41. The van der Waals surface area contributed by atoms with Gasteiger partial charge in [0.1, 0.15) is 11.5 Å². The van der Waals surface area contributed by atoms with Crippen LogP contribution < -0.4 is 14.4 Å². The van der Waals surface area contributed by atoms with Crippen LogP contribution >= 0.6 is 0 Å². The zero-order valence-electron chi connectivity index (χ0n) is 24.9. The molecule has 1 heterocycles. The van der Waals surface area contributed by atoms with Gasteiger partial charge in [0.2, 0.25) is 0 Å². The molecule has 1 unspecified atom stereocenters. The van der Waals surface area contributed by atoms with Crippen molar-refractivity contribution in [3.63, 3.8) is 0 Å². The zero-order valence-corrected chi connectivity index (χ0v) is 24.9. The van der Waals surface area contributed by atoms with Gasteiger partial charge in [-0.15, -0.1) is 0 Å². The van der Waals surface area contributed by atoms with E-state index in [0.717, 1.165) is 47.6 Å². The molecule has 1 saturated carbocycles. The average Bonchev–Trinajstić information content (AvgIpc) is 3.80. The minimum absolute atomic E-state index is 0.00680. The Morgan fingerprint density at radius 1 is 1.02 bits per heavy atom. The minimum atomic E-state index is -5.62. The third kappa shape index (κ3) is 8.74. The standard InChI is InChI=1S/C32H41F5N2O4/c1-21(2)39(20-31(33,34)32(35,36)37)18-25-9-10-26(42-3)16-29(25)38-13-11-22(12-14-38)19-43-27-6-4-5-24(15-27)28(17-30(40)41)23-7-8-23/h4-6,9-10,15-16,21-23,28H,7-8,11-14,17-20H2,1-3H3,(H,40,41). The summed E-state index contributed by atoms with van der Waals surface area (Å²) in [4.78, 5) is 14.7. The fraction of sp³-hybridized carbons (Fsp3) is 0.594. The van der Waals surface area contributed by atoms with Gasteiger partial charge >= 0.3 is 18.1 Å². The highest BCUT2D eigenvalue weighted by Crippen LogP contribution is 2.45. The largest absolute Gasteiger partial charge is 0.497 e. The molecule has 11 heteroatoms. The zero-order chi connectivity index (χ0) is 31.4. The van der Waals surface area contributed by atoms with E-state index in [1.807, 2.05) is 30.3 Å². The minimum Gasteiger partial charge on any atom is -0.497 e. The van der Waals surface area contributed by atoms with Crippen LogP contribution in [0.5, 0.6) is 11.5 Å². The molecule has 4 rings (SSSR count). The molecule has 1 N–H and O–H groups in total. The van der Waals surface area contributed by atoms with Crippen LogP contribution in [0, 0.1) is 11.8 Å². The number of hydrogen-bond acceptors (Lipinski definition) is 5. The van der Waals surface area contributed by atoms with Gasteiger partial charge in [-0.25, -0.2) is 0 Å². The smallest absolute Gasteiger partial charge is 0.454 e. The maximum Gasteiger partial charge on any atom is 0.454 e. The topological polar surface area (TPSA) is 62.2 Å². The second-order valence-corrected chi connectivity index (χ2v) is 12.1. The molecule has 238 valence electrons. The van der Waals surface area contributed by atoms with Crippen LogP contribution in [0.1, 0.15) is 63.0 Å². The highest BCUT2D eigenvalue weighted by atomic mass is 19.4. The number of aliphatic carboxylic acids is 1. The Morgan fingerprint density at radius 2 is 1.72 bits per heavy atom. The van der Waals surface area contributed by atoms with Crippen molar-refractivity contribution in [2.75, 3.05) is 38.3 Å². The normalized spacial score (nSPS) is 17.4. The van der Waals surface area contributed by atoms with Gasteiger partial charge in [-0.1, -0.05) is 18.2 Å². The first-order valence-electron chi connectivity index (χ1n) is 14.8. The van der Waals surface area contributed by atoms with E-state index in [1.165, 1.54) is 7.11 Å². The summed E-state index contributed by atoms with van der Waals surface area (Å²) >= 11 is 0. The predicted octanol–water partition coefficient (Wildman–Crippen LogP) is 7.37. The molecule has 1 atom stereocenters. The number of carboxylic acids is 1. The fourth-order valence-electron chi connectivity index (χ4n) is 5.72. The Hall–Kier alpha value is -3.08. The lowest BCUT2D eigenvalue weighted by atomic mass is 9.91. The van der Waals surface area contributed by atoms with Crippen LogP contribution in [0.2, 0.25) is 0 Å². The summed E-state index contributed by atoms with van der Waals surface area (Å²) in [6, 6.07) is 12.4. The third-order valence-corrected chi connectivity index (χ3v) is 8.53. The molecular formula is C32H41F5N2O4. The molecule has 2 aromatic carbocycles. The number of methoxy groups -OCH3 is 1. The first-order chi connectivity index (χ1) is 20.3. The predicted molar refractivity (Wildman–Crippen MR) is 154 cm³/mol. The Morgan fingerprint density at radius 3 is 2.30 bits per heavy atom. The Bertz CT molecular complexity index is 1230. The van der Waals surface area contributed by atoms with Crippen LogP contribution in [0.25, 0.3) is 0 Å². The summed E-state index contributed by atoms with van der Waals surface area (Å²) in [5, 5.41) is 9.34. The van der Waals surface area contributed by atoms with E-state index in [2.05, 4.69) is 4.90 Å². The van der Waals surface area contributed by atoms with Crippen molar-refractivity contribution in [2.45, 2.75) is 76.6 Å². The molecule has 0 aromatic heterocycles. The quantitative estimate of drug-likeness (QED) is 0.225. The van der Waals surface area contributed by atoms with Gasteiger partial charge in [0.05, 0.1) is 26.7 Å². The maximum atomic E-state index is 14.0. The van der Waals surface area contributed by atoms with E-state index in [1.54, 1.807) is 26.0 Å². The lowest BCUT2D eigenvalue weighted by Crippen LogP contribution is -2.48. The molecular weight excluding hydrogens is 571 g/mol. The number of halogens is 5. The average molecular weight is 613 g/mol. The van der Waals surface area contributed by atoms with E-state index >= 15 is 0 Å². The molecule has 1 aliphatic heterocycles. The van der Waals surface area contributed by atoms with Crippen molar-refractivity contribution in [2.24, 2.45) is 11.8 Å². The SMILES string of the molecule is COc1ccc(CN(CC(F)(F)C(F)(F)F)C(C)C)c(N2CCC(COc3cccc(C(CC(=O)O)C4CC4)c3)CC2)c1. The van der Waals surface area contributed by atoms with E-state index < -0.39 is 30.7 Å². The number of alkyl halides is 5. The number of rotatable bonds is 14. The van der Waals surface area contributed by atoms with Gasteiger partial charge in [-0.3, -0.25) is 9.69 Å². The molecule has 1 aliphatic carbocycles. The molecule has 0 bridgehead atoms. The second-order valence-electron chi connectivity index (χ2n) is 12.1. The molecule has 1 saturated heterocycles. The third-order valence-electron chi connectivity index (χ3n) is 8.53. The number of anilines is 1. The van der Waals surface area contributed by atoms with Gasteiger partial charge < -0.3 is 19.5 Å². The van der Waals surface area contributed by atoms with Crippen LogP contribution in [-0.4, -0.2) is 67.5 Å². The maximum absolute atomic E-state index is 14.0. The van der Waals surface area contributed by atoms with E-state index in [4.69, 9.17) is 9.47 Å². The van der Waals surface area contributed by atoms with Gasteiger partial charge in [0.25, 0.3) is 0 Å². The van der Waals surface area contributed by atoms with Crippen molar-refractivity contribution in [1.29, 1.82) is 0 Å². The van der Waals surface area contributed by atoms with Crippen molar-refractivity contribution in [3.05, 3.63) is 53.6 Å². The summed E-state index contributed by atoms with van der Waals surface area (Å²) in [6.45, 7) is 3.56. The molecule has 2 aromatic rings. The van der Waals surface area contributed by atoms with E-state index in [0.29, 0.717) is 36.9 Å². The van der Waals surface area contributed by atoms with E-state index in [-0.39, 0.29) is 24.8 Å². The number of benzene rings is 2. The second kappa shape index (κ2) is 13.7. The number of carbonyl (C=O) groups is 1. The van der Waals surface area contributed by atoms with Gasteiger partial charge in [-0.2, -0.15) is 22.0 Å². The Labute approximate surface area is 249 Å². The van der Waals surface area contributed by atoms with Crippen molar-refractivity contribution >= 4 is 11.7 Å². The number of nitrogens with zero attached hydrogens (tertiary/aromatic N) is 2. The molecule has 0 radical (unpaired) electrons. The summed E-state index contributed by atoms with van der Waals surface area (Å²) in [5.74, 6) is -3.66. The summed E-state index contributed by atoms with van der Waals surface area (Å²) in [6.07, 6.45) is -1.80. The molecule has 2 aliphatic rings. The van der Waals surface area contributed by atoms with Gasteiger partial charge in [0.15, 0.2) is 0 Å². The first kappa shape index (κ1) is 32.8. The lowest BCUT2D eigenvalue weighted by Gasteiger charge is -2.36. The van der Waals surface area contributed by atoms with Gasteiger partial charge in [-0.05, 0) is 86.6 Å². The number of carboxylic acid groups (broad SMARTS) is 1. The highest BCUT2D eigenvalue weighted by molar-refractivity contribution is 5.68. The Balaban J connectivity index is 1.39. The molecule has 2 fully saturated rings. The lowest BCUT2D eigenvalue weighted by molar-refractivity contribution is -0.288. The van der Waals surface area contributed by atoms with Crippen molar-refractivity contribution < 1.29 is 41.3 Å². The van der Waals surface area contributed by atoms with E-state index in [9.17, 15) is 31.9 Å². The van der Waals surface area contributed by atoms with Crippen LogP contribution in [0.4, 0.5) is 27.6 Å². The van der Waals surface area contributed by atoms with Crippen molar-refractivity contribution in [3.8, 4) is 11.5 Å². The molecule has 0 spiro atoms. The van der Waals surface area contributed by atoms with Crippen molar-refractivity contribution in [1.82, 2.24) is 4.90 Å². The highest BCUT2D eigenvalue weighted by Gasteiger charge is 2.58.